The standard InChI is InChI=1S/C30H35F3N6O8S/c1-19-8-10-21(11-9-19)25-17-26(30(31,32)33)34-37(25)23-12-14-24(15-13-23)48(42,43)35-27(40)22-7-6-16-36(18-22)38-39(47-38)46-20(2)44-28(41)45-29(3,4)5/h8-15,17,20,22H,6-7,16,18H2,1-5H3,(H,35,40). The summed E-state index contributed by atoms with van der Waals surface area (Å²) in [6.07, 6.45) is -5.78. The van der Waals surface area contributed by atoms with Crippen molar-refractivity contribution in [3.63, 3.8) is 0 Å². The first-order valence-corrected chi connectivity index (χ1v) is 16.4. The molecule has 2 aromatic heterocycles. The molecule has 48 heavy (non-hydrogen) atoms. The second-order valence-corrected chi connectivity index (χ2v) is 13.9. The predicted octanol–water partition coefficient (Wildman–Crippen LogP) is 4.64. The van der Waals surface area contributed by atoms with Crippen LogP contribution in [0, 0.1) is 12.8 Å². The molecule has 1 aliphatic rings. The van der Waals surface area contributed by atoms with Crippen molar-refractivity contribution in [3.8, 4) is 16.9 Å². The number of nitrogens with zero attached hydrogens (tertiary/aromatic N) is 5. The highest BCUT2D eigenvalue weighted by atomic mass is 32.2. The zero-order valence-corrected chi connectivity index (χ0v) is 27.5. The van der Waals surface area contributed by atoms with Gasteiger partial charge < -0.3 is 14.3 Å². The summed E-state index contributed by atoms with van der Waals surface area (Å²) in [5.41, 5.74) is -0.0988. The maximum atomic E-state index is 13.6. The molecule has 0 spiro atoms. The number of piperidine rings is 1. The van der Waals surface area contributed by atoms with Gasteiger partial charge in [-0.05, 0) is 70.9 Å². The second-order valence-electron chi connectivity index (χ2n) is 12.2. The molecule has 5 rings (SSSR count). The Kier molecular flexibility index (Phi) is 9.31. The maximum Gasteiger partial charge on any atom is 0.511 e. The Labute approximate surface area is 273 Å². The predicted molar refractivity (Wildman–Crippen MR) is 163 cm³/mol. The van der Waals surface area contributed by atoms with Gasteiger partial charge in [0, 0.05) is 24.0 Å². The fourth-order valence-corrected chi connectivity index (χ4v) is 5.88. The number of carbonyl (C=O) groups excluding carboxylic acids is 2. The largest absolute Gasteiger partial charge is 0.511 e. The molecule has 0 radical (unpaired) electrons. The van der Waals surface area contributed by atoms with Gasteiger partial charge in [-0.3, -0.25) is 9.80 Å². The summed E-state index contributed by atoms with van der Waals surface area (Å²) in [7, 11) is -4.33. The van der Waals surface area contributed by atoms with Crippen molar-refractivity contribution in [2.75, 3.05) is 18.1 Å². The van der Waals surface area contributed by atoms with E-state index in [1.807, 2.05) is 6.92 Å². The van der Waals surface area contributed by atoms with Crippen molar-refractivity contribution in [2.45, 2.75) is 70.4 Å². The Hall–Kier alpha value is -4.87. The topological polar surface area (TPSA) is 152 Å². The molecule has 1 saturated heterocycles. The summed E-state index contributed by atoms with van der Waals surface area (Å²) < 4.78 is 85.5. The summed E-state index contributed by atoms with van der Waals surface area (Å²) >= 11 is 0. The Morgan fingerprint density at radius 3 is 2.35 bits per heavy atom. The third kappa shape index (κ3) is 8.34. The van der Waals surface area contributed by atoms with Crippen molar-refractivity contribution in [3.05, 3.63) is 65.9 Å². The summed E-state index contributed by atoms with van der Waals surface area (Å²) in [6, 6.07) is 12.8. The normalized spacial score (nSPS) is 16.4. The summed E-state index contributed by atoms with van der Waals surface area (Å²) in [5, 5.41) is 6.29. The number of aryl methyl sites for hydroxylation is 1. The Morgan fingerprint density at radius 2 is 1.73 bits per heavy atom. The minimum atomic E-state index is -4.70. The number of nitrogens with one attached hydrogen (secondary N) is 1. The molecule has 1 fully saturated rings. The van der Waals surface area contributed by atoms with Gasteiger partial charge in [0.05, 0.1) is 28.7 Å². The van der Waals surface area contributed by atoms with Crippen molar-refractivity contribution in [1.29, 1.82) is 0 Å². The molecule has 18 heteroatoms. The molecular formula is C30H35F3N6O8S. The Balaban J connectivity index is 1.22. The van der Waals surface area contributed by atoms with Crippen molar-refractivity contribution < 1.29 is 50.1 Å². The van der Waals surface area contributed by atoms with Crippen LogP contribution in [-0.4, -0.2) is 65.2 Å². The lowest BCUT2D eigenvalue weighted by atomic mass is 9.99. The molecule has 2 atom stereocenters. The summed E-state index contributed by atoms with van der Waals surface area (Å²) in [4.78, 5) is 31.2. The van der Waals surface area contributed by atoms with Crippen molar-refractivity contribution in [2.24, 2.45) is 5.92 Å². The quantitative estimate of drug-likeness (QED) is 0.194. The lowest BCUT2D eigenvalue weighted by molar-refractivity contribution is -0.142. The number of benzene rings is 2. The lowest BCUT2D eigenvalue weighted by Crippen LogP contribution is -2.48. The van der Waals surface area contributed by atoms with E-state index in [0.717, 1.165) is 21.3 Å². The molecule has 14 nitrogen and oxygen atoms in total. The van der Waals surface area contributed by atoms with E-state index in [2.05, 4.69) is 9.82 Å². The van der Waals surface area contributed by atoms with Gasteiger partial charge in [-0.2, -0.15) is 22.9 Å². The molecule has 2 unspecified atom stereocenters. The van der Waals surface area contributed by atoms with Gasteiger partial charge in [0.2, 0.25) is 5.91 Å². The first-order chi connectivity index (χ1) is 22.4. The fraction of sp³-hybridized carbons (Fsp3) is 0.433. The lowest BCUT2D eigenvalue weighted by Gasteiger charge is -2.28. The van der Waals surface area contributed by atoms with Crippen LogP contribution >= 0.6 is 0 Å². The van der Waals surface area contributed by atoms with Gasteiger partial charge in [-0.15, -0.1) is 0 Å². The van der Waals surface area contributed by atoms with Crippen LogP contribution in [0.25, 0.3) is 16.9 Å². The fourth-order valence-electron chi connectivity index (χ4n) is 4.83. The van der Waals surface area contributed by atoms with Crippen molar-refractivity contribution >= 4 is 22.1 Å². The molecule has 4 aromatic rings. The van der Waals surface area contributed by atoms with E-state index in [-0.39, 0.29) is 22.8 Å². The molecule has 1 N–H and O–H groups in total. The third-order valence-electron chi connectivity index (χ3n) is 7.13. The van der Waals surface area contributed by atoms with Gasteiger partial charge in [0.25, 0.3) is 16.3 Å². The number of ether oxygens (including phenoxy) is 2. The first-order valence-electron chi connectivity index (χ1n) is 14.9. The van der Waals surface area contributed by atoms with Crippen LogP contribution in [0.2, 0.25) is 0 Å². The van der Waals surface area contributed by atoms with Gasteiger partial charge in [0.15, 0.2) is 5.69 Å². The van der Waals surface area contributed by atoms with Gasteiger partial charge in [0.1, 0.15) is 10.6 Å². The third-order valence-corrected chi connectivity index (χ3v) is 8.50. The summed E-state index contributed by atoms with van der Waals surface area (Å²) in [5.74, 6) is -1.49. The number of alkyl halides is 3. The average molecular weight is 697 g/mol. The zero-order chi connectivity index (χ0) is 35.0. The maximum absolute atomic E-state index is 13.6. The molecule has 1 aliphatic heterocycles. The number of amides is 1. The smallest absolute Gasteiger partial charge is 0.428 e. The van der Waals surface area contributed by atoms with E-state index in [9.17, 15) is 31.2 Å². The molecule has 2 aromatic carbocycles. The van der Waals surface area contributed by atoms with E-state index >= 15 is 0 Å². The average Bonchev–Trinajstić information content (AvgIpc) is 3.59. The molecule has 0 saturated carbocycles. The van der Waals surface area contributed by atoms with E-state index < -0.39 is 51.8 Å². The molecule has 0 bridgehead atoms. The van der Waals surface area contributed by atoms with Crippen LogP contribution in [-0.2, 0) is 30.5 Å². The second kappa shape index (κ2) is 13.0. The van der Waals surface area contributed by atoms with Gasteiger partial charge in [-0.1, -0.05) is 29.8 Å². The van der Waals surface area contributed by atoms with E-state index in [1.54, 1.807) is 50.0 Å². The molecule has 260 valence electrons. The number of hydrogen-bond acceptors (Lipinski definition) is 10. The zero-order valence-electron chi connectivity index (χ0n) is 26.7. The molecular weight excluding hydrogens is 661 g/mol. The highest BCUT2D eigenvalue weighted by molar-refractivity contribution is 7.90. The number of aromatic nitrogens is 4. The molecule has 1 amide bonds. The number of hydrogen-bond donors (Lipinski definition) is 1. The van der Waals surface area contributed by atoms with Crippen molar-refractivity contribution in [1.82, 2.24) is 24.5 Å². The summed E-state index contributed by atoms with van der Waals surface area (Å²) in [6.45, 7) is 8.90. The minimum absolute atomic E-state index is 0.0874. The van der Waals surface area contributed by atoms with Crippen LogP contribution in [0.4, 0.5) is 18.0 Å². The van der Waals surface area contributed by atoms with Crippen LogP contribution < -0.4 is 14.6 Å². The van der Waals surface area contributed by atoms with Crippen LogP contribution in [0.3, 0.4) is 0 Å². The minimum Gasteiger partial charge on any atom is -0.428 e. The molecule has 3 heterocycles. The van der Waals surface area contributed by atoms with Crippen LogP contribution in [0.5, 0.6) is 0 Å². The highest BCUT2D eigenvalue weighted by Crippen LogP contribution is 2.33. The van der Waals surface area contributed by atoms with Gasteiger partial charge in [-0.25, -0.2) is 22.6 Å². The van der Waals surface area contributed by atoms with E-state index in [0.29, 0.717) is 24.9 Å². The first kappa shape index (κ1) is 34.5. The number of carbonyl (C=O) groups is 2. The van der Waals surface area contributed by atoms with Crippen LogP contribution in [0.1, 0.15) is 51.8 Å². The number of halogens is 3. The van der Waals surface area contributed by atoms with E-state index in [4.69, 9.17) is 18.9 Å². The van der Waals surface area contributed by atoms with Crippen LogP contribution in [0.15, 0.2) is 64.1 Å². The Bertz CT molecular complexity index is 1850. The molecule has 0 aliphatic carbocycles. The SMILES string of the molecule is Cc1ccc(-c2cc(C(F)(F)F)nn2-c2ccc(S(=O)(=O)NC(=O)C3CCCN(n4on4OC(C)OC(=O)OC(C)(C)C)C3)cc2)cc1. The number of sulfonamides is 1. The van der Waals surface area contributed by atoms with E-state index in [1.165, 1.54) is 36.2 Å². The van der Waals surface area contributed by atoms with Gasteiger partial charge >= 0.3 is 12.3 Å². The highest BCUT2D eigenvalue weighted by Gasteiger charge is 2.36. The Morgan fingerprint density at radius 1 is 1.06 bits per heavy atom. The number of rotatable bonds is 9. The monoisotopic (exact) mass is 696 g/mol.